The number of thiophene rings is 1. The number of carbonyl (C=O) groups excluding carboxylic acids is 3. The Morgan fingerprint density at radius 1 is 1.12 bits per heavy atom. The molecular formula is C15H9N5O4S. The summed E-state index contributed by atoms with van der Waals surface area (Å²) in [6, 6.07) is 8.06. The Morgan fingerprint density at radius 3 is 2.48 bits per heavy atom. The zero-order chi connectivity index (χ0) is 17.4. The third kappa shape index (κ3) is 2.58. The maximum absolute atomic E-state index is 12.2. The van der Waals surface area contributed by atoms with Crippen molar-refractivity contribution in [2.45, 2.75) is 6.54 Å². The smallest absolute Gasteiger partial charge is 0.328 e. The van der Waals surface area contributed by atoms with E-state index in [0.717, 1.165) is 5.56 Å². The Balaban J connectivity index is 1.50. The van der Waals surface area contributed by atoms with Crippen LogP contribution in [0.25, 0.3) is 11.4 Å². The molecule has 0 N–H and O–H groups in total. The first-order valence-corrected chi connectivity index (χ1v) is 8.07. The van der Waals surface area contributed by atoms with Crippen LogP contribution in [-0.2, 0) is 16.2 Å². The number of carbonyl (C=O) groups is 3. The average molecular weight is 355 g/mol. The van der Waals surface area contributed by atoms with E-state index < -0.39 is 17.8 Å². The molecular weight excluding hydrogens is 346 g/mol. The fraction of sp³-hybridized carbons (Fsp3) is 0.0667. The molecule has 0 saturated heterocycles. The molecule has 4 rings (SSSR count). The van der Waals surface area contributed by atoms with Gasteiger partial charge >= 0.3 is 5.97 Å². The van der Waals surface area contributed by atoms with Crippen molar-refractivity contribution >= 4 is 29.1 Å². The summed E-state index contributed by atoms with van der Waals surface area (Å²) in [5.74, 6) is -1.80. The molecule has 1 aliphatic rings. The Labute approximate surface area is 144 Å². The molecule has 25 heavy (non-hydrogen) atoms. The lowest BCUT2D eigenvalue weighted by atomic mass is 10.1. The lowest BCUT2D eigenvalue weighted by Crippen LogP contribution is -2.34. The number of hydrogen-bond acceptors (Lipinski definition) is 8. The predicted octanol–water partition coefficient (Wildman–Crippen LogP) is 1.16. The van der Waals surface area contributed by atoms with Crippen molar-refractivity contribution in [1.29, 1.82) is 0 Å². The molecule has 0 bridgehead atoms. The lowest BCUT2D eigenvalue weighted by Gasteiger charge is -2.12. The summed E-state index contributed by atoms with van der Waals surface area (Å²) in [6.45, 7) is -0.342. The summed E-state index contributed by atoms with van der Waals surface area (Å²) in [5, 5.41) is 15.3. The van der Waals surface area contributed by atoms with Crippen molar-refractivity contribution in [3.05, 3.63) is 52.2 Å². The van der Waals surface area contributed by atoms with E-state index in [1.807, 2.05) is 16.8 Å². The molecule has 2 aromatic heterocycles. The molecule has 0 atom stereocenters. The second-order valence-electron chi connectivity index (χ2n) is 5.09. The summed E-state index contributed by atoms with van der Waals surface area (Å²) >= 11 is 1.46. The fourth-order valence-electron chi connectivity index (χ4n) is 2.41. The number of amides is 2. The molecule has 3 heterocycles. The number of rotatable bonds is 4. The van der Waals surface area contributed by atoms with Crippen LogP contribution in [0.1, 0.15) is 20.7 Å². The minimum absolute atomic E-state index is 0.196. The zero-order valence-corrected chi connectivity index (χ0v) is 13.3. The number of benzene rings is 1. The molecule has 10 heteroatoms. The first-order valence-electron chi connectivity index (χ1n) is 7.12. The van der Waals surface area contributed by atoms with Crippen molar-refractivity contribution in [2.75, 3.05) is 0 Å². The Kier molecular flexibility index (Phi) is 3.58. The third-order valence-corrected chi connectivity index (χ3v) is 4.22. The molecule has 1 aliphatic heterocycles. The van der Waals surface area contributed by atoms with Gasteiger partial charge in [0.2, 0.25) is 0 Å². The van der Waals surface area contributed by atoms with Crippen LogP contribution < -0.4 is 0 Å². The SMILES string of the molecule is O=C(Cn1nnnc1-c1ccsc1)ON1C(=O)c2ccccc2C1=O. The number of aromatic nitrogens is 4. The summed E-state index contributed by atoms with van der Waals surface area (Å²) < 4.78 is 1.24. The number of hydroxylamine groups is 2. The van der Waals surface area contributed by atoms with Crippen molar-refractivity contribution in [2.24, 2.45) is 0 Å². The van der Waals surface area contributed by atoms with Gasteiger partial charge in [-0.3, -0.25) is 9.59 Å². The monoisotopic (exact) mass is 355 g/mol. The highest BCUT2D eigenvalue weighted by atomic mass is 32.1. The first-order chi connectivity index (χ1) is 12.1. The maximum Gasteiger partial charge on any atom is 0.354 e. The average Bonchev–Trinajstić information content (AvgIpc) is 3.33. The number of fused-ring (bicyclic) bond motifs is 1. The van der Waals surface area contributed by atoms with Crippen LogP contribution in [0, 0.1) is 0 Å². The van der Waals surface area contributed by atoms with Crippen LogP contribution in [0.15, 0.2) is 41.1 Å². The van der Waals surface area contributed by atoms with Gasteiger partial charge in [-0.1, -0.05) is 17.2 Å². The van der Waals surface area contributed by atoms with Gasteiger partial charge in [0.25, 0.3) is 11.8 Å². The molecule has 0 unspecified atom stereocenters. The molecule has 0 fully saturated rings. The summed E-state index contributed by atoms with van der Waals surface area (Å²) in [6.07, 6.45) is 0. The van der Waals surface area contributed by atoms with Gasteiger partial charge in [0.15, 0.2) is 5.82 Å². The van der Waals surface area contributed by atoms with E-state index in [-0.39, 0.29) is 17.7 Å². The maximum atomic E-state index is 12.2. The van der Waals surface area contributed by atoms with Gasteiger partial charge < -0.3 is 4.84 Å². The van der Waals surface area contributed by atoms with Crippen LogP contribution >= 0.6 is 11.3 Å². The molecule has 0 spiro atoms. The Bertz CT molecular complexity index is 946. The number of tetrazole rings is 1. The van der Waals surface area contributed by atoms with Gasteiger partial charge in [0, 0.05) is 10.9 Å². The van der Waals surface area contributed by atoms with Gasteiger partial charge in [-0.15, -0.1) is 5.10 Å². The van der Waals surface area contributed by atoms with Crippen molar-refractivity contribution in [3.8, 4) is 11.4 Å². The molecule has 0 aliphatic carbocycles. The van der Waals surface area contributed by atoms with Crippen LogP contribution in [-0.4, -0.2) is 43.1 Å². The van der Waals surface area contributed by atoms with Crippen molar-refractivity contribution in [1.82, 2.24) is 25.3 Å². The first kappa shape index (κ1) is 15.1. The number of imide groups is 1. The second-order valence-corrected chi connectivity index (χ2v) is 5.87. The highest BCUT2D eigenvalue weighted by molar-refractivity contribution is 7.08. The largest absolute Gasteiger partial charge is 0.354 e. The van der Waals surface area contributed by atoms with E-state index in [1.165, 1.54) is 28.2 Å². The van der Waals surface area contributed by atoms with E-state index >= 15 is 0 Å². The van der Waals surface area contributed by atoms with Gasteiger partial charge in [0.05, 0.1) is 11.1 Å². The summed E-state index contributed by atoms with van der Waals surface area (Å²) in [5.41, 5.74) is 1.15. The fourth-order valence-corrected chi connectivity index (χ4v) is 3.05. The van der Waals surface area contributed by atoms with Gasteiger partial charge in [-0.25, -0.2) is 9.48 Å². The quantitative estimate of drug-likeness (QED) is 0.646. The molecule has 0 saturated carbocycles. The lowest BCUT2D eigenvalue weighted by molar-refractivity contribution is -0.169. The van der Waals surface area contributed by atoms with Crippen LogP contribution in [0.5, 0.6) is 0 Å². The zero-order valence-electron chi connectivity index (χ0n) is 12.5. The van der Waals surface area contributed by atoms with Gasteiger partial charge in [0.1, 0.15) is 6.54 Å². The van der Waals surface area contributed by atoms with E-state index in [0.29, 0.717) is 10.9 Å². The normalized spacial score (nSPS) is 13.2. The van der Waals surface area contributed by atoms with Crippen LogP contribution in [0.4, 0.5) is 0 Å². The van der Waals surface area contributed by atoms with Gasteiger partial charge in [-0.05, 0) is 34.0 Å². The topological polar surface area (TPSA) is 107 Å². The molecule has 1 aromatic carbocycles. The predicted molar refractivity (Wildman–Crippen MR) is 84.2 cm³/mol. The summed E-state index contributed by atoms with van der Waals surface area (Å²) in [4.78, 5) is 41.5. The minimum atomic E-state index is -0.835. The van der Waals surface area contributed by atoms with Gasteiger partial charge in [-0.2, -0.15) is 11.3 Å². The highest BCUT2D eigenvalue weighted by Crippen LogP contribution is 2.23. The van der Waals surface area contributed by atoms with Crippen LogP contribution in [0.2, 0.25) is 0 Å². The Morgan fingerprint density at radius 2 is 1.84 bits per heavy atom. The van der Waals surface area contributed by atoms with Crippen molar-refractivity contribution in [3.63, 3.8) is 0 Å². The summed E-state index contributed by atoms with van der Waals surface area (Å²) in [7, 11) is 0. The standard InChI is InChI=1S/C15H9N5O4S/c21-12(7-19-13(16-17-18-19)9-5-6-25-8-9)24-20-14(22)10-3-1-2-4-11(10)15(20)23/h1-6,8H,7H2. The third-order valence-electron chi connectivity index (χ3n) is 3.54. The van der Waals surface area contributed by atoms with E-state index in [9.17, 15) is 14.4 Å². The molecule has 9 nitrogen and oxygen atoms in total. The minimum Gasteiger partial charge on any atom is -0.328 e. The van der Waals surface area contributed by atoms with Crippen LogP contribution in [0.3, 0.4) is 0 Å². The van der Waals surface area contributed by atoms with E-state index in [2.05, 4.69) is 15.5 Å². The molecule has 0 radical (unpaired) electrons. The molecule has 124 valence electrons. The number of hydrogen-bond donors (Lipinski definition) is 0. The highest BCUT2D eigenvalue weighted by Gasteiger charge is 2.38. The molecule has 2 amide bonds. The molecule has 3 aromatic rings. The second kappa shape index (κ2) is 5.91. The van der Waals surface area contributed by atoms with Crippen molar-refractivity contribution < 1.29 is 19.2 Å². The van der Waals surface area contributed by atoms with E-state index in [4.69, 9.17) is 4.84 Å². The van der Waals surface area contributed by atoms with E-state index in [1.54, 1.807) is 12.1 Å². The Hall–Kier alpha value is -3.40. The number of nitrogens with zero attached hydrogens (tertiary/aromatic N) is 5.